The summed E-state index contributed by atoms with van der Waals surface area (Å²) in [5.41, 5.74) is 7.99. The standard InChI is InChI=1S/C32H27F2N9O4/c1-15-18-5-7-22(20(18)4-3-19(15)29-39-14-40-42-29)41-31(47)24-9-23(37-13-38-24)30(46)36-10-16-2-6-21-17(8-16)11-43(12-32(21,33)34)26-25(35)27(44)28(26)45/h2-4,6,8-9,13-14,22H,5,7,10-12,35H2,1H3,(H,36,46)(H,41,47)(H,39,40,42)/t22-/m0/s1. The van der Waals surface area contributed by atoms with Crippen LogP contribution < -0.4 is 32.1 Å². The van der Waals surface area contributed by atoms with E-state index in [1.54, 1.807) is 0 Å². The highest BCUT2D eigenvalue weighted by atomic mass is 19.3. The molecule has 238 valence electrons. The molecule has 3 heterocycles. The number of carbonyl (C=O) groups excluding carboxylic acids is 2. The van der Waals surface area contributed by atoms with Crippen molar-refractivity contribution in [2.75, 3.05) is 17.2 Å². The zero-order valence-corrected chi connectivity index (χ0v) is 24.9. The van der Waals surface area contributed by atoms with Gasteiger partial charge in [0.2, 0.25) is 0 Å². The fourth-order valence-electron chi connectivity index (χ4n) is 6.43. The van der Waals surface area contributed by atoms with Crippen LogP contribution in [0.4, 0.5) is 20.2 Å². The number of aromatic nitrogens is 5. The highest BCUT2D eigenvalue weighted by Gasteiger charge is 2.42. The predicted octanol–water partition coefficient (Wildman–Crippen LogP) is 2.21. The van der Waals surface area contributed by atoms with E-state index in [4.69, 9.17) is 5.73 Å². The lowest BCUT2D eigenvalue weighted by atomic mass is 9.93. The Balaban J connectivity index is 1.02. The van der Waals surface area contributed by atoms with Gasteiger partial charge < -0.3 is 21.3 Å². The molecule has 0 unspecified atom stereocenters. The van der Waals surface area contributed by atoms with Gasteiger partial charge >= 0.3 is 0 Å². The quantitative estimate of drug-likeness (QED) is 0.192. The summed E-state index contributed by atoms with van der Waals surface area (Å²) in [4.78, 5) is 63.1. The third kappa shape index (κ3) is 5.18. The van der Waals surface area contributed by atoms with E-state index in [9.17, 15) is 28.0 Å². The van der Waals surface area contributed by atoms with E-state index in [2.05, 4.69) is 35.8 Å². The summed E-state index contributed by atoms with van der Waals surface area (Å²) in [6.45, 7) is 1.14. The lowest BCUT2D eigenvalue weighted by molar-refractivity contribution is -0.00253. The van der Waals surface area contributed by atoms with Gasteiger partial charge in [0.05, 0.1) is 12.6 Å². The first-order valence-corrected chi connectivity index (χ1v) is 14.7. The molecular formula is C32H27F2N9O4. The lowest BCUT2D eigenvalue weighted by Crippen LogP contribution is -2.48. The van der Waals surface area contributed by atoms with Gasteiger partial charge in [0, 0.05) is 30.3 Å². The van der Waals surface area contributed by atoms with Gasteiger partial charge in [-0.25, -0.2) is 15.0 Å². The molecule has 15 heteroatoms. The molecule has 1 aliphatic heterocycles. The summed E-state index contributed by atoms with van der Waals surface area (Å²) in [5.74, 6) is -3.67. The minimum absolute atomic E-state index is 0.0160. The summed E-state index contributed by atoms with van der Waals surface area (Å²) < 4.78 is 29.9. The number of carbonyl (C=O) groups is 2. The number of hydrogen-bond acceptors (Lipinski definition) is 10. The maximum absolute atomic E-state index is 15.0. The molecule has 0 saturated carbocycles. The van der Waals surface area contributed by atoms with Crippen LogP contribution in [0.25, 0.3) is 11.4 Å². The van der Waals surface area contributed by atoms with Gasteiger partial charge in [0.25, 0.3) is 28.6 Å². The molecule has 2 amide bonds. The van der Waals surface area contributed by atoms with Gasteiger partial charge in [-0.15, -0.1) is 0 Å². The summed E-state index contributed by atoms with van der Waals surface area (Å²) in [6, 6.07) is 9.23. The number of benzene rings is 2. The van der Waals surface area contributed by atoms with Gasteiger partial charge in [-0.05, 0) is 47.6 Å². The maximum Gasteiger partial charge on any atom is 0.290 e. The summed E-state index contributed by atoms with van der Waals surface area (Å²) >= 11 is 0. The number of nitrogens with zero attached hydrogens (tertiary/aromatic N) is 5. The minimum atomic E-state index is -3.29. The van der Waals surface area contributed by atoms with Crippen LogP contribution in [-0.2, 0) is 25.4 Å². The van der Waals surface area contributed by atoms with Crippen LogP contribution >= 0.6 is 0 Å². The molecule has 5 N–H and O–H groups in total. The molecular weight excluding hydrogens is 612 g/mol. The Morgan fingerprint density at radius 2 is 1.83 bits per heavy atom. The second-order valence-corrected chi connectivity index (χ2v) is 11.6. The van der Waals surface area contributed by atoms with Crippen molar-refractivity contribution in [3.8, 4) is 11.4 Å². The molecule has 7 rings (SSSR count). The number of alkyl halides is 2. The van der Waals surface area contributed by atoms with Crippen LogP contribution in [0.5, 0.6) is 0 Å². The molecule has 0 radical (unpaired) electrons. The van der Waals surface area contributed by atoms with Crippen LogP contribution in [0.1, 0.15) is 66.8 Å². The van der Waals surface area contributed by atoms with Gasteiger partial charge in [-0.2, -0.15) is 13.9 Å². The zero-order chi connectivity index (χ0) is 33.0. The van der Waals surface area contributed by atoms with Crippen LogP contribution in [0.15, 0.2) is 58.6 Å². The van der Waals surface area contributed by atoms with Crippen LogP contribution in [0, 0.1) is 6.92 Å². The molecule has 2 aliphatic rings. The van der Waals surface area contributed by atoms with Crippen molar-refractivity contribution < 1.29 is 18.4 Å². The number of fused-ring (bicyclic) bond motifs is 2. The number of nitrogens with two attached hydrogens (primary N) is 1. The van der Waals surface area contributed by atoms with Crippen molar-refractivity contribution in [3.63, 3.8) is 0 Å². The Hall–Kier alpha value is -5.86. The van der Waals surface area contributed by atoms with Crippen LogP contribution in [0.3, 0.4) is 0 Å². The topological polar surface area (TPSA) is 189 Å². The van der Waals surface area contributed by atoms with E-state index in [-0.39, 0.29) is 53.0 Å². The average molecular weight is 640 g/mol. The maximum atomic E-state index is 15.0. The van der Waals surface area contributed by atoms with E-state index in [0.717, 1.165) is 39.9 Å². The molecule has 2 aromatic heterocycles. The first-order valence-electron chi connectivity index (χ1n) is 14.7. The lowest BCUT2D eigenvalue weighted by Gasteiger charge is -2.36. The fraction of sp³-hybridized carbons (Fsp3) is 0.250. The largest absolute Gasteiger partial charge is 0.394 e. The van der Waals surface area contributed by atoms with Crippen molar-refractivity contribution in [3.05, 3.63) is 114 Å². The third-order valence-electron chi connectivity index (χ3n) is 8.81. The van der Waals surface area contributed by atoms with E-state index in [1.807, 2.05) is 19.1 Å². The molecule has 0 spiro atoms. The van der Waals surface area contributed by atoms with Gasteiger partial charge in [0.15, 0.2) is 5.82 Å². The summed E-state index contributed by atoms with van der Waals surface area (Å²) in [6.07, 6.45) is 4.05. The molecule has 0 saturated heterocycles. The molecule has 3 aromatic carbocycles. The van der Waals surface area contributed by atoms with E-state index >= 15 is 0 Å². The normalized spacial score (nSPS) is 16.5. The zero-order valence-electron chi connectivity index (χ0n) is 24.9. The molecule has 47 heavy (non-hydrogen) atoms. The Labute approximate surface area is 265 Å². The number of anilines is 2. The number of nitrogen functional groups attached to an aromatic ring is 1. The van der Waals surface area contributed by atoms with Crippen molar-refractivity contribution in [1.29, 1.82) is 0 Å². The fourth-order valence-corrected chi connectivity index (χ4v) is 6.43. The Morgan fingerprint density at radius 1 is 1.04 bits per heavy atom. The molecule has 13 nitrogen and oxygen atoms in total. The van der Waals surface area contributed by atoms with Gasteiger partial charge in [-0.1, -0.05) is 30.3 Å². The van der Waals surface area contributed by atoms with Crippen molar-refractivity contribution in [2.24, 2.45) is 0 Å². The number of rotatable bonds is 7. The van der Waals surface area contributed by atoms with Crippen LogP contribution in [0.2, 0.25) is 0 Å². The van der Waals surface area contributed by atoms with Crippen molar-refractivity contribution in [2.45, 2.75) is 44.8 Å². The highest BCUT2D eigenvalue weighted by Crippen LogP contribution is 2.39. The summed E-state index contributed by atoms with van der Waals surface area (Å²) in [5, 5.41) is 12.5. The average Bonchev–Trinajstić information content (AvgIpc) is 3.74. The SMILES string of the molecule is Cc1c(-c2ncn[nH]2)ccc2c1CC[C@@H]2NC(=O)c1cc(C(=O)NCc2ccc3c(c2)CN(c2c(N)c(=O)c2=O)CC3(F)F)ncn1. The van der Waals surface area contributed by atoms with E-state index < -0.39 is 35.1 Å². The Bertz CT molecular complexity index is 2140. The number of halogens is 2. The molecule has 1 atom stereocenters. The Kier molecular flexibility index (Phi) is 7.10. The summed E-state index contributed by atoms with van der Waals surface area (Å²) in [7, 11) is 0. The predicted molar refractivity (Wildman–Crippen MR) is 165 cm³/mol. The first-order chi connectivity index (χ1) is 22.5. The second-order valence-electron chi connectivity index (χ2n) is 11.6. The number of H-pyrrole nitrogens is 1. The number of amides is 2. The molecule has 0 fully saturated rings. The van der Waals surface area contributed by atoms with Gasteiger partial charge in [0.1, 0.15) is 35.4 Å². The molecule has 0 bridgehead atoms. The van der Waals surface area contributed by atoms with Crippen molar-refractivity contribution in [1.82, 2.24) is 35.8 Å². The minimum Gasteiger partial charge on any atom is -0.394 e. The number of hydrogen-bond donors (Lipinski definition) is 4. The third-order valence-corrected chi connectivity index (χ3v) is 8.81. The smallest absolute Gasteiger partial charge is 0.290 e. The monoisotopic (exact) mass is 639 g/mol. The van der Waals surface area contributed by atoms with E-state index in [0.29, 0.717) is 17.8 Å². The number of aromatic amines is 1. The van der Waals surface area contributed by atoms with Crippen molar-refractivity contribution >= 4 is 23.2 Å². The first kappa shape index (κ1) is 29.8. The number of nitrogens with one attached hydrogen (secondary N) is 3. The Morgan fingerprint density at radius 3 is 2.57 bits per heavy atom. The molecule has 1 aliphatic carbocycles. The van der Waals surface area contributed by atoms with E-state index in [1.165, 1.54) is 30.6 Å². The van der Waals surface area contributed by atoms with Gasteiger partial charge in [-0.3, -0.25) is 24.3 Å². The highest BCUT2D eigenvalue weighted by molar-refractivity contribution is 5.97. The second kappa shape index (κ2) is 11.2. The molecule has 5 aromatic rings. The van der Waals surface area contributed by atoms with Crippen LogP contribution in [-0.4, -0.2) is 43.5 Å².